The minimum atomic E-state index is 0.665. The molecule has 0 N–H and O–H groups in total. The molecule has 1 aromatic carbocycles. The molecule has 0 radical (unpaired) electrons. The number of rotatable bonds is 2. The van der Waals surface area contributed by atoms with Crippen LogP contribution >= 0.6 is 27.7 Å². The van der Waals surface area contributed by atoms with E-state index in [1.165, 1.54) is 0 Å². The predicted molar refractivity (Wildman–Crippen MR) is 72.3 cm³/mol. The fourth-order valence-corrected chi connectivity index (χ4v) is 3.00. The van der Waals surface area contributed by atoms with Gasteiger partial charge in [-0.25, -0.2) is 4.98 Å². The van der Waals surface area contributed by atoms with Crippen LogP contribution in [0.5, 0.6) is 0 Å². The van der Waals surface area contributed by atoms with Gasteiger partial charge in [-0.1, -0.05) is 30.0 Å². The van der Waals surface area contributed by atoms with Crippen molar-refractivity contribution in [3.8, 4) is 0 Å². The van der Waals surface area contributed by atoms with Gasteiger partial charge in [-0.3, -0.25) is 0 Å². The molecular formula is C13H8BrNOS. The highest BCUT2D eigenvalue weighted by atomic mass is 79.9. The number of hydrogen-bond acceptors (Lipinski definition) is 3. The second-order valence-corrected chi connectivity index (χ2v) is 5.31. The second-order valence-electron chi connectivity index (χ2n) is 3.47. The van der Waals surface area contributed by atoms with E-state index in [0.717, 1.165) is 19.8 Å². The van der Waals surface area contributed by atoms with Crippen LogP contribution in [-0.2, 0) is 0 Å². The summed E-state index contributed by atoms with van der Waals surface area (Å²) >= 11 is 5.14. The van der Waals surface area contributed by atoms with Gasteiger partial charge in [-0.2, -0.15) is 0 Å². The third-order valence-corrected chi connectivity index (χ3v) is 4.36. The van der Waals surface area contributed by atoms with Crippen LogP contribution in [0.25, 0.3) is 11.1 Å². The van der Waals surface area contributed by atoms with Crippen molar-refractivity contribution in [2.75, 3.05) is 0 Å². The fourth-order valence-electron chi connectivity index (χ4n) is 1.54. The highest BCUT2D eigenvalue weighted by molar-refractivity contribution is 9.10. The molecule has 3 rings (SSSR count). The van der Waals surface area contributed by atoms with Crippen LogP contribution < -0.4 is 0 Å². The van der Waals surface area contributed by atoms with Crippen LogP contribution in [0.4, 0.5) is 0 Å². The molecule has 0 unspecified atom stereocenters. The van der Waals surface area contributed by atoms with Crippen molar-refractivity contribution in [3.05, 3.63) is 53.1 Å². The van der Waals surface area contributed by atoms with Crippen LogP contribution in [0.2, 0.25) is 0 Å². The number of benzene rings is 1. The Hall–Kier alpha value is -1.26. The van der Waals surface area contributed by atoms with Gasteiger partial charge in [0.05, 0.1) is 9.86 Å². The van der Waals surface area contributed by atoms with E-state index < -0.39 is 0 Å². The van der Waals surface area contributed by atoms with E-state index in [4.69, 9.17) is 4.42 Å². The van der Waals surface area contributed by atoms with Gasteiger partial charge in [0.15, 0.2) is 5.09 Å². The first-order valence-electron chi connectivity index (χ1n) is 5.10. The lowest BCUT2D eigenvalue weighted by atomic mass is 10.3. The molecule has 0 aliphatic carbocycles. The summed E-state index contributed by atoms with van der Waals surface area (Å²) in [6.45, 7) is 0. The van der Waals surface area contributed by atoms with Crippen LogP contribution in [0.1, 0.15) is 0 Å². The standard InChI is InChI=1S/C13H8BrNOS/c14-11-10-7-4-8-15-12(10)16-13(11)17-9-5-2-1-3-6-9/h1-8H. The van der Waals surface area contributed by atoms with Crippen molar-refractivity contribution in [3.63, 3.8) is 0 Å². The zero-order valence-corrected chi connectivity index (χ0v) is 11.2. The maximum atomic E-state index is 5.71. The average Bonchev–Trinajstić information content (AvgIpc) is 2.68. The van der Waals surface area contributed by atoms with E-state index in [2.05, 4.69) is 33.0 Å². The summed E-state index contributed by atoms with van der Waals surface area (Å²) in [5.41, 5.74) is 0.665. The molecule has 3 aromatic rings. The summed E-state index contributed by atoms with van der Waals surface area (Å²) in [5, 5.41) is 1.84. The van der Waals surface area contributed by atoms with E-state index in [1.54, 1.807) is 18.0 Å². The summed E-state index contributed by atoms with van der Waals surface area (Å²) < 4.78 is 6.67. The minimum absolute atomic E-state index is 0.665. The number of nitrogens with zero attached hydrogens (tertiary/aromatic N) is 1. The molecule has 17 heavy (non-hydrogen) atoms. The zero-order chi connectivity index (χ0) is 11.7. The van der Waals surface area contributed by atoms with Gasteiger partial charge in [0, 0.05) is 11.1 Å². The summed E-state index contributed by atoms with van der Waals surface area (Å²) in [4.78, 5) is 5.34. The van der Waals surface area contributed by atoms with Gasteiger partial charge in [-0.15, -0.1) is 0 Å². The van der Waals surface area contributed by atoms with E-state index in [9.17, 15) is 0 Å². The minimum Gasteiger partial charge on any atom is -0.430 e. The van der Waals surface area contributed by atoms with Crippen molar-refractivity contribution in [2.24, 2.45) is 0 Å². The number of furan rings is 1. The number of fused-ring (bicyclic) bond motifs is 1. The Bertz CT molecular complexity index is 651. The Morgan fingerprint density at radius 3 is 2.65 bits per heavy atom. The van der Waals surface area contributed by atoms with Gasteiger partial charge in [0.25, 0.3) is 0 Å². The topological polar surface area (TPSA) is 26.0 Å². The van der Waals surface area contributed by atoms with Gasteiger partial charge >= 0.3 is 0 Å². The molecule has 2 heterocycles. The SMILES string of the molecule is Brc1c(Sc2ccccc2)oc2ncccc12. The van der Waals surface area contributed by atoms with Crippen LogP contribution in [-0.4, -0.2) is 4.98 Å². The quantitative estimate of drug-likeness (QED) is 0.684. The van der Waals surface area contributed by atoms with Gasteiger partial charge < -0.3 is 4.42 Å². The van der Waals surface area contributed by atoms with E-state index in [-0.39, 0.29) is 0 Å². The molecule has 2 aromatic heterocycles. The molecule has 0 fully saturated rings. The molecular weight excluding hydrogens is 298 g/mol. The lowest BCUT2D eigenvalue weighted by molar-refractivity contribution is 0.502. The lowest BCUT2D eigenvalue weighted by Crippen LogP contribution is -1.69. The normalized spacial score (nSPS) is 10.9. The van der Waals surface area contributed by atoms with Gasteiger partial charge in [0.2, 0.25) is 5.71 Å². The van der Waals surface area contributed by atoms with E-state index >= 15 is 0 Å². The highest BCUT2D eigenvalue weighted by Gasteiger charge is 2.13. The second kappa shape index (κ2) is 4.55. The van der Waals surface area contributed by atoms with Crippen molar-refractivity contribution >= 4 is 38.8 Å². The van der Waals surface area contributed by atoms with E-state index in [1.807, 2.05) is 30.3 Å². The molecule has 0 bridgehead atoms. The Morgan fingerprint density at radius 1 is 1.06 bits per heavy atom. The third kappa shape index (κ3) is 2.10. The average molecular weight is 306 g/mol. The summed E-state index contributed by atoms with van der Waals surface area (Å²) in [5.74, 6) is 0. The largest absolute Gasteiger partial charge is 0.430 e. The smallest absolute Gasteiger partial charge is 0.228 e. The third-order valence-electron chi connectivity index (χ3n) is 2.33. The molecule has 4 heteroatoms. The Kier molecular flexibility index (Phi) is 2.91. The van der Waals surface area contributed by atoms with Gasteiger partial charge in [-0.05, 0) is 40.2 Å². The molecule has 0 saturated carbocycles. The first-order valence-corrected chi connectivity index (χ1v) is 6.71. The number of aromatic nitrogens is 1. The molecule has 0 aliphatic rings. The van der Waals surface area contributed by atoms with Crippen LogP contribution in [0.15, 0.2) is 67.5 Å². The molecule has 2 nitrogen and oxygen atoms in total. The molecule has 0 amide bonds. The van der Waals surface area contributed by atoms with Crippen LogP contribution in [0.3, 0.4) is 0 Å². The monoisotopic (exact) mass is 305 g/mol. The Morgan fingerprint density at radius 2 is 1.88 bits per heavy atom. The van der Waals surface area contributed by atoms with Crippen molar-refractivity contribution < 1.29 is 4.42 Å². The molecule has 0 atom stereocenters. The highest BCUT2D eigenvalue weighted by Crippen LogP contribution is 2.39. The molecule has 0 spiro atoms. The first-order chi connectivity index (χ1) is 8.34. The summed E-state index contributed by atoms with van der Waals surface area (Å²) in [7, 11) is 0. The predicted octanol–water partition coefficient (Wildman–Crippen LogP) is 4.74. The maximum Gasteiger partial charge on any atom is 0.228 e. The number of halogens is 1. The van der Waals surface area contributed by atoms with Crippen molar-refractivity contribution in [1.82, 2.24) is 4.98 Å². The Labute approximate surface area is 111 Å². The fraction of sp³-hybridized carbons (Fsp3) is 0. The summed E-state index contributed by atoms with van der Waals surface area (Å²) in [6, 6.07) is 14.0. The Balaban J connectivity index is 2.04. The molecule has 84 valence electrons. The zero-order valence-electron chi connectivity index (χ0n) is 8.76. The number of hydrogen-bond donors (Lipinski definition) is 0. The van der Waals surface area contributed by atoms with Gasteiger partial charge in [0.1, 0.15) is 0 Å². The molecule has 0 saturated heterocycles. The lowest BCUT2D eigenvalue weighted by Gasteiger charge is -1.96. The summed E-state index contributed by atoms with van der Waals surface area (Å²) in [6.07, 6.45) is 1.73. The van der Waals surface area contributed by atoms with Crippen molar-refractivity contribution in [1.29, 1.82) is 0 Å². The number of pyridine rings is 1. The van der Waals surface area contributed by atoms with Crippen molar-refractivity contribution in [2.45, 2.75) is 9.99 Å². The molecule has 0 aliphatic heterocycles. The van der Waals surface area contributed by atoms with E-state index in [0.29, 0.717) is 5.71 Å². The van der Waals surface area contributed by atoms with Crippen LogP contribution in [0, 0.1) is 0 Å². The maximum absolute atomic E-state index is 5.71. The first kappa shape index (κ1) is 10.9.